The van der Waals surface area contributed by atoms with Gasteiger partial charge in [0.15, 0.2) is 0 Å². The minimum Gasteiger partial charge on any atom is -0.464 e. The standard InChI is InChI=1S/C22H29N5O2S2/c1-27(2)14-19-5-6-20(29-19)16-31-11-9-24-22-25-13-18(21(28)26-22)7-10-30-15-17-4-3-8-23-12-17/h3-6,8,12-13H,7,9-11,14-16H2,1-2H3,(H2,24,25,26,28). The van der Waals surface area contributed by atoms with Gasteiger partial charge in [0.05, 0.1) is 12.3 Å². The molecule has 3 rings (SSSR count). The molecule has 0 bridgehead atoms. The van der Waals surface area contributed by atoms with Crippen molar-refractivity contribution in [3.63, 3.8) is 0 Å². The smallest absolute Gasteiger partial charge is 0.255 e. The third-order valence-electron chi connectivity index (χ3n) is 4.35. The lowest BCUT2D eigenvalue weighted by Gasteiger charge is -2.07. The number of aryl methyl sites for hydroxylation is 1. The van der Waals surface area contributed by atoms with Crippen LogP contribution >= 0.6 is 23.5 Å². The van der Waals surface area contributed by atoms with Crippen molar-refractivity contribution in [1.82, 2.24) is 19.9 Å². The molecule has 0 saturated heterocycles. The van der Waals surface area contributed by atoms with E-state index in [1.807, 2.05) is 38.5 Å². The first-order valence-corrected chi connectivity index (χ1v) is 12.5. The van der Waals surface area contributed by atoms with Crippen LogP contribution in [0.4, 0.5) is 5.95 Å². The summed E-state index contributed by atoms with van der Waals surface area (Å²) in [7, 11) is 4.05. The van der Waals surface area contributed by atoms with E-state index < -0.39 is 0 Å². The zero-order chi connectivity index (χ0) is 21.9. The quantitative estimate of drug-likeness (QED) is 0.375. The van der Waals surface area contributed by atoms with Crippen LogP contribution in [0.3, 0.4) is 0 Å². The van der Waals surface area contributed by atoms with Crippen LogP contribution in [0.15, 0.2) is 52.1 Å². The van der Waals surface area contributed by atoms with E-state index in [1.54, 1.807) is 35.9 Å². The van der Waals surface area contributed by atoms with Gasteiger partial charge in [-0.1, -0.05) is 6.07 Å². The number of pyridine rings is 1. The first-order chi connectivity index (χ1) is 15.1. The van der Waals surface area contributed by atoms with Gasteiger partial charge in [-0.25, -0.2) is 4.98 Å². The Hall–Kier alpha value is -2.23. The second-order valence-corrected chi connectivity index (χ2v) is 9.55. The van der Waals surface area contributed by atoms with E-state index in [0.717, 1.165) is 47.6 Å². The molecule has 0 aliphatic carbocycles. The number of anilines is 1. The largest absolute Gasteiger partial charge is 0.464 e. The fourth-order valence-corrected chi connectivity index (χ4v) is 4.52. The summed E-state index contributed by atoms with van der Waals surface area (Å²) in [6.07, 6.45) is 6.02. The van der Waals surface area contributed by atoms with Crippen LogP contribution in [0, 0.1) is 0 Å². The van der Waals surface area contributed by atoms with Crippen LogP contribution in [-0.4, -0.2) is 52.0 Å². The van der Waals surface area contributed by atoms with E-state index >= 15 is 0 Å². The van der Waals surface area contributed by atoms with Gasteiger partial charge in [-0.2, -0.15) is 23.5 Å². The molecular weight excluding hydrogens is 430 g/mol. The molecule has 0 amide bonds. The number of thioether (sulfide) groups is 2. The van der Waals surface area contributed by atoms with Crippen LogP contribution in [0.25, 0.3) is 0 Å². The number of nitrogens with zero attached hydrogens (tertiary/aromatic N) is 3. The highest BCUT2D eigenvalue weighted by atomic mass is 32.2. The van der Waals surface area contributed by atoms with Gasteiger partial charge in [0, 0.05) is 42.2 Å². The van der Waals surface area contributed by atoms with E-state index in [9.17, 15) is 4.79 Å². The molecule has 7 nitrogen and oxygen atoms in total. The number of hydrogen-bond donors (Lipinski definition) is 2. The number of hydrogen-bond acceptors (Lipinski definition) is 8. The molecule has 0 unspecified atom stereocenters. The molecule has 0 radical (unpaired) electrons. The van der Waals surface area contributed by atoms with Gasteiger partial charge in [0.25, 0.3) is 5.56 Å². The number of rotatable bonds is 13. The fraction of sp³-hybridized carbons (Fsp3) is 0.409. The first kappa shape index (κ1) is 23.4. The SMILES string of the molecule is CN(C)Cc1ccc(CSCCNc2ncc(CCSCc3cccnc3)c(=O)[nH]2)o1. The number of aromatic nitrogens is 3. The Bertz CT molecular complexity index is 975. The normalized spacial score (nSPS) is 11.2. The van der Waals surface area contributed by atoms with Crippen LogP contribution in [-0.2, 0) is 24.5 Å². The molecule has 0 saturated carbocycles. The second-order valence-electron chi connectivity index (χ2n) is 7.34. The maximum Gasteiger partial charge on any atom is 0.255 e. The average Bonchev–Trinajstić information content (AvgIpc) is 3.19. The van der Waals surface area contributed by atoms with E-state index in [2.05, 4.69) is 31.2 Å². The molecule has 3 aromatic rings. The zero-order valence-corrected chi connectivity index (χ0v) is 19.6. The Labute approximate surface area is 191 Å². The highest BCUT2D eigenvalue weighted by molar-refractivity contribution is 7.98. The molecule has 166 valence electrons. The lowest BCUT2D eigenvalue weighted by molar-refractivity contribution is 0.344. The van der Waals surface area contributed by atoms with E-state index in [-0.39, 0.29) is 5.56 Å². The van der Waals surface area contributed by atoms with E-state index in [1.165, 1.54) is 5.56 Å². The van der Waals surface area contributed by atoms with Crippen molar-refractivity contribution in [3.8, 4) is 0 Å². The third kappa shape index (κ3) is 8.43. The molecule has 2 N–H and O–H groups in total. The van der Waals surface area contributed by atoms with Crippen LogP contribution in [0.5, 0.6) is 0 Å². The number of nitrogens with one attached hydrogen (secondary N) is 2. The molecule has 0 spiro atoms. The van der Waals surface area contributed by atoms with Gasteiger partial charge in [-0.15, -0.1) is 0 Å². The number of H-pyrrole nitrogens is 1. The van der Waals surface area contributed by atoms with E-state index in [0.29, 0.717) is 17.9 Å². The summed E-state index contributed by atoms with van der Waals surface area (Å²) in [5.74, 6) is 5.96. The first-order valence-electron chi connectivity index (χ1n) is 10.2. The van der Waals surface area contributed by atoms with Gasteiger partial charge in [-0.3, -0.25) is 14.8 Å². The minimum atomic E-state index is -0.0730. The minimum absolute atomic E-state index is 0.0730. The number of aromatic amines is 1. The fourth-order valence-electron chi connectivity index (χ4n) is 2.86. The van der Waals surface area contributed by atoms with Gasteiger partial charge in [-0.05, 0) is 50.0 Å². The maximum absolute atomic E-state index is 12.3. The number of furan rings is 1. The molecule has 31 heavy (non-hydrogen) atoms. The Morgan fingerprint density at radius 1 is 1.10 bits per heavy atom. The van der Waals surface area contributed by atoms with Crippen LogP contribution < -0.4 is 10.9 Å². The highest BCUT2D eigenvalue weighted by Gasteiger charge is 2.05. The van der Waals surface area contributed by atoms with Gasteiger partial charge >= 0.3 is 0 Å². The van der Waals surface area contributed by atoms with Crippen molar-refractivity contribution in [2.24, 2.45) is 0 Å². The third-order valence-corrected chi connectivity index (χ3v) is 6.36. The molecule has 0 aromatic carbocycles. The summed E-state index contributed by atoms with van der Waals surface area (Å²) in [6, 6.07) is 8.06. The van der Waals surface area contributed by atoms with Gasteiger partial charge in [0.1, 0.15) is 11.5 Å². The van der Waals surface area contributed by atoms with Crippen molar-refractivity contribution in [2.75, 3.05) is 37.5 Å². The lowest BCUT2D eigenvalue weighted by atomic mass is 10.3. The van der Waals surface area contributed by atoms with E-state index in [4.69, 9.17) is 4.42 Å². The molecule has 0 atom stereocenters. The van der Waals surface area contributed by atoms with Crippen molar-refractivity contribution in [3.05, 3.63) is 75.9 Å². The highest BCUT2D eigenvalue weighted by Crippen LogP contribution is 2.16. The van der Waals surface area contributed by atoms with Gasteiger partial charge in [0.2, 0.25) is 5.95 Å². The lowest BCUT2D eigenvalue weighted by Crippen LogP contribution is -2.18. The molecule has 9 heteroatoms. The predicted molar refractivity (Wildman–Crippen MR) is 130 cm³/mol. The Morgan fingerprint density at radius 3 is 2.71 bits per heavy atom. The molecule has 0 fully saturated rings. The second kappa shape index (κ2) is 12.6. The van der Waals surface area contributed by atoms with Crippen molar-refractivity contribution >= 4 is 29.5 Å². The van der Waals surface area contributed by atoms with Crippen LogP contribution in [0.2, 0.25) is 0 Å². The summed E-state index contributed by atoms with van der Waals surface area (Å²) in [5, 5.41) is 3.18. The summed E-state index contributed by atoms with van der Waals surface area (Å²) < 4.78 is 5.81. The Kier molecular flexibility index (Phi) is 9.51. The molecular formula is C22H29N5O2S2. The Morgan fingerprint density at radius 2 is 1.94 bits per heavy atom. The molecule has 3 aromatic heterocycles. The summed E-state index contributed by atoms with van der Waals surface area (Å²) in [6.45, 7) is 1.53. The monoisotopic (exact) mass is 459 g/mol. The summed E-state index contributed by atoms with van der Waals surface area (Å²) in [5.41, 5.74) is 1.83. The summed E-state index contributed by atoms with van der Waals surface area (Å²) in [4.78, 5) is 25.7. The molecule has 0 aliphatic rings. The molecule has 3 heterocycles. The van der Waals surface area contributed by atoms with Crippen molar-refractivity contribution < 1.29 is 4.42 Å². The Balaban J connectivity index is 1.32. The van der Waals surface area contributed by atoms with Gasteiger partial charge < -0.3 is 14.6 Å². The molecule has 0 aliphatic heterocycles. The van der Waals surface area contributed by atoms with Crippen molar-refractivity contribution in [2.45, 2.75) is 24.5 Å². The zero-order valence-electron chi connectivity index (χ0n) is 18.0. The van der Waals surface area contributed by atoms with Crippen molar-refractivity contribution in [1.29, 1.82) is 0 Å². The van der Waals surface area contributed by atoms with Crippen LogP contribution in [0.1, 0.15) is 22.6 Å². The summed E-state index contributed by atoms with van der Waals surface area (Å²) >= 11 is 3.57. The predicted octanol–water partition coefficient (Wildman–Crippen LogP) is 3.64. The topological polar surface area (TPSA) is 87.0 Å². The average molecular weight is 460 g/mol. The maximum atomic E-state index is 12.3.